The summed E-state index contributed by atoms with van der Waals surface area (Å²) in [4.78, 5) is 22.0. The molecule has 0 saturated heterocycles. The summed E-state index contributed by atoms with van der Waals surface area (Å²) < 4.78 is 11.9. The van der Waals surface area contributed by atoms with Crippen LogP contribution < -0.4 is 0 Å². The first-order chi connectivity index (χ1) is 11.0. The van der Waals surface area contributed by atoms with Crippen molar-refractivity contribution in [3.8, 4) is 0 Å². The van der Waals surface area contributed by atoms with Gasteiger partial charge in [0.1, 0.15) is 11.5 Å². The highest BCUT2D eigenvalue weighted by Gasteiger charge is 2.26. The summed E-state index contributed by atoms with van der Waals surface area (Å²) in [6, 6.07) is 0. The molecule has 0 atom stereocenters. The summed E-state index contributed by atoms with van der Waals surface area (Å²) in [6.07, 6.45) is 6.55. The fraction of sp³-hybridized carbons (Fsp3) is 0.889. The molecule has 0 aliphatic heterocycles. The highest BCUT2D eigenvalue weighted by Crippen LogP contribution is 2.25. The van der Waals surface area contributed by atoms with E-state index in [2.05, 4.69) is 0 Å². The molecule has 0 spiro atoms. The maximum Gasteiger partial charge on any atom is 0.309 e. The third kappa shape index (κ3) is 10.2. The van der Waals surface area contributed by atoms with Crippen LogP contribution in [0.1, 0.15) is 79.1 Å². The fourth-order valence-electron chi connectivity index (χ4n) is 2.33. The first-order valence-electron chi connectivity index (χ1n) is 8.81. The zero-order chi connectivity index (χ0) is 18.8. The topological polar surface area (TPSA) is 97.7 Å². The Balaban J connectivity index is 3.63. The largest absolute Gasteiger partial charge is 0.616 e. The van der Waals surface area contributed by atoms with Crippen molar-refractivity contribution in [3.05, 3.63) is 0 Å². The van der Waals surface area contributed by atoms with Crippen LogP contribution in [0.2, 0.25) is 0 Å². The Bertz CT molecular complexity index is 357. The van der Waals surface area contributed by atoms with E-state index in [0.29, 0.717) is 24.3 Å². The van der Waals surface area contributed by atoms with Crippen LogP contribution in [0.3, 0.4) is 0 Å². The zero-order valence-electron chi connectivity index (χ0n) is 15.6. The Morgan fingerprint density at radius 1 is 0.750 bits per heavy atom. The number of carbonyl (C=O) groups is 2. The summed E-state index contributed by atoms with van der Waals surface area (Å²) >= 11 is -0.819. The van der Waals surface area contributed by atoms with Crippen LogP contribution in [0.15, 0.2) is 0 Å². The second kappa shape index (κ2) is 11.0. The maximum atomic E-state index is 11.9. The highest BCUT2D eigenvalue weighted by molar-refractivity contribution is 7.91. The Morgan fingerprint density at radius 2 is 1.08 bits per heavy atom. The Labute approximate surface area is 149 Å². The number of carboxylic acids is 2. The monoisotopic (exact) mass is 362 g/mol. The molecule has 0 heterocycles. The lowest BCUT2D eigenvalue weighted by Crippen LogP contribution is -2.23. The van der Waals surface area contributed by atoms with Crippen LogP contribution in [0.25, 0.3) is 0 Å². The van der Waals surface area contributed by atoms with Gasteiger partial charge in [-0.2, -0.15) is 0 Å². The number of unbranched alkanes of at least 4 members (excludes halogenated alkanes) is 4. The van der Waals surface area contributed by atoms with E-state index in [1.165, 1.54) is 0 Å². The Hall–Kier alpha value is -0.750. The predicted octanol–water partition coefficient (Wildman–Crippen LogP) is 4.08. The number of hydrogen-bond donors (Lipinski definition) is 2. The second-order valence-electron chi connectivity index (χ2n) is 7.85. The van der Waals surface area contributed by atoms with Crippen LogP contribution in [0, 0.1) is 10.8 Å². The molecule has 0 aliphatic carbocycles. The lowest BCUT2D eigenvalue weighted by Gasteiger charge is -2.19. The number of hydrogen-bond acceptors (Lipinski definition) is 3. The fourth-order valence-corrected chi connectivity index (χ4v) is 3.59. The van der Waals surface area contributed by atoms with Crippen molar-refractivity contribution in [2.75, 3.05) is 11.5 Å². The number of carboxylic acid groups (broad SMARTS) is 2. The molecule has 6 heteroatoms. The minimum atomic E-state index is -0.819. The van der Waals surface area contributed by atoms with Crippen molar-refractivity contribution in [1.29, 1.82) is 0 Å². The summed E-state index contributed by atoms with van der Waals surface area (Å²) in [7, 11) is 0. The zero-order valence-corrected chi connectivity index (χ0v) is 16.4. The molecule has 0 aromatic heterocycles. The van der Waals surface area contributed by atoms with Gasteiger partial charge < -0.3 is 14.8 Å². The molecule has 0 aromatic rings. The summed E-state index contributed by atoms with van der Waals surface area (Å²) in [5, 5.41) is 18.1. The Kier molecular flexibility index (Phi) is 10.6. The van der Waals surface area contributed by atoms with Gasteiger partial charge in [0.15, 0.2) is 0 Å². The van der Waals surface area contributed by atoms with Crippen LogP contribution >= 0.6 is 0 Å². The molecule has 0 bridgehead atoms. The van der Waals surface area contributed by atoms with Gasteiger partial charge in [-0.15, -0.1) is 0 Å². The van der Waals surface area contributed by atoms with E-state index in [1.807, 2.05) is 0 Å². The van der Waals surface area contributed by atoms with Gasteiger partial charge in [0.05, 0.1) is 10.8 Å². The lowest BCUT2D eigenvalue weighted by atomic mass is 9.87. The van der Waals surface area contributed by atoms with Crippen molar-refractivity contribution in [2.24, 2.45) is 10.8 Å². The molecule has 24 heavy (non-hydrogen) atoms. The standard InChI is InChI=1S/C18H34O5S/c1-17(2,15(19)20)11-7-5-9-13-24(23)14-10-6-8-12-18(3,4)16(21)22/h5-14H2,1-4H3,(H,19,20)(H,21,22). The summed E-state index contributed by atoms with van der Waals surface area (Å²) in [5.74, 6) is -0.184. The van der Waals surface area contributed by atoms with Crippen molar-refractivity contribution in [1.82, 2.24) is 0 Å². The number of rotatable bonds is 14. The minimum Gasteiger partial charge on any atom is -0.616 e. The van der Waals surface area contributed by atoms with E-state index in [-0.39, 0.29) is 0 Å². The van der Waals surface area contributed by atoms with Crippen LogP contribution in [-0.2, 0) is 20.8 Å². The average molecular weight is 363 g/mol. The van der Waals surface area contributed by atoms with E-state index in [1.54, 1.807) is 27.7 Å². The third-order valence-corrected chi connectivity index (χ3v) is 5.99. The van der Waals surface area contributed by atoms with Gasteiger partial charge >= 0.3 is 11.9 Å². The van der Waals surface area contributed by atoms with Gasteiger partial charge in [-0.3, -0.25) is 9.59 Å². The van der Waals surface area contributed by atoms with Crippen molar-refractivity contribution >= 4 is 23.1 Å². The van der Waals surface area contributed by atoms with Crippen molar-refractivity contribution in [3.63, 3.8) is 0 Å². The van der Waals surface area contributed by atoms with E-state index in [0.717, 1.165) is 38.5 Å². The lowest BCUT2D eigenvalue weighted by molar-refractivity contribution is -0.148. The molecule has 0 aromatic carbocycles. The molecule has 0 saturated carbocycles. The second-order valence-corrected chi connectivity index (χ2v) is 9.54. The maximum absolute atomic E-state index is 11.9. The van der Waals surface area contributed by atoms with Crippen LogP contribution in [0.4, 0.5) is 0 Å². The molecule has 0 amide bonds. The van der Waals surface area contributed by atoms with Crippen molar-refractivity contribution < 1.29 is 24.4 Å². The average Bonchev–Trinajstić information content (AvgIpc) is 2.45. The highest BCUT2D eigenvalue weighted by atomic mass is 32.2. The van der Waals surface area contributed by atoms with Gasteiger partial charge in [-0.25, -0.2) is 0 Å². The van der Waals surface area contributed by atoms with Crippen molar-refractivity contribution in [2.45, 2.75) is 79.1 Å². The molecule has 0 aliphatic rings. The van der Waals surface area contributed by atoms with Crippen LogP contribution in [-0.4, -0.2) is 38.2 Å². The molecule has 0 radical (unpaired) electrons. The molecular weight excluding hydrogens is 328 g/mol. The Morgan fingerprint density at radius 3 is 1.38 bits per heavy atom. The van der Waals surface area contributed by atoms with E-state index >= 15 is 0 Å². The first kappa shape index (κ1) is 23.2. The van der Waals surface area contributed by atoms with E-state index in [9.17, 15) is 14.1 Å². The quantitative estimate of drug-likeness (QED) is 0.358. The van der Waals surface area contributed by atoms with Gasteiger partial charge in [0.25, 0.3) is 0 Å². The molecule has 0 fully saturated rings. The predicted molar refractivity (Wildman–Crippen MR) is 97.6 cm³/mol. The summed E-state index contributed by atoms with van der Waals surface area (Å²) in [5.41, 5.74) is -1.36. The normalized spacial score (nSPS) is 12.6. The van der Waals surface area contributed by atoms with E-state index < -0.39 is 33.9 Å². The molecule has 5 nitrogen and oxygen atoms in total. The minimum absolute atomic E-state index is 0.647. The van der Waals surface area contributed by atoms with Gasteiger partial charge in [0.2, 0.25) is 0 Å². The smallest absolute Gasteiger partial charge is 0.309 e. The van der Waals surface area contributed by atoms with Gasteiger partial charge in [0, 0.05) is 0 Å². The third-order valence-electron chi connectivity index (χ3n) is 4.51. The van der Waals surface area contributed by atoms with Gasteiger partial charge in [-0.05, 0) is 66.2 Å². The van der Waals surface area contributed by atoms with E-state index in [4.69, 9.17) is 10.2 Å². The molecule has 0 rings (SSSR count). The molecular formula is C18H34O5S. The van der Waals surface area contributed by atoms with Crippen LogP contribution in [0.5, 0.6) is 0 Å². The van der Waals surface area contributed by atoms with Gasteiger partial charge in [-0.1, -0.05) is 24.0 Å². The molecule has 142 valence electrons. The molecule has 2 N–H and O–H groups in total. The summed E-state index contributed by atoms with van der Waals surface area (Å²) in [6.45, 7) is 6.94. The molecule has 0 unspecified atom stereocenters. The first-order valence-corrected chi connectivity index (χ1v) is 10.3. The SMILES string of the molecule is CC(C)(CCCCC[S+]([O-])CCCCCC(C)(C)C(=O)O)C(=O)O. The number of aliphatic carboxylic acids is 2.